The number of aromatic carboxylic acids is 1. The molecule has 0 spiro atoms. The topological polar surface area (TPSA) is 92.7 Å². The van der Waals surface area contributed by atoms with Crippen molar-refractivity contribution in [2.45, 2.75) is 13.5 Å². The number of hydrogen-bond donors (Lipinski definition) is 2. The predicted molar refractivity (Wildman–Crippen MR) is 87.6 cm³/mol. The van der Waals surface area contributed by atoms with Gasteiger partial charge in [0.15, 0.2) is 5.78 Å². The first-order chi connectivity index (χ1) is 11.4. The fraction of sp³-hybridized carbons (Fsp3) is 0.167. The summed E-state index contributed by atoms with van der Waals surface area (Å²) in [5, 5.41) is 11.9. The van der Waals surface area contributed by atoms with Gasteiger partial charge >= 0.3 is 5.97 Å². The summed E-state index contributed by atoms with van der Waals surface area (Å²) in [5.41, 5.74) is 1.33. The van der Waals surface area contributed by atoms with Crippen molar-refractivity contribution in [2.75, 3.05) is 7.11 Å². The first kappa shape index (κ1) is 17.2. The molecule has 0 bridgehead atoms. The summed E-state index contributed by atoms with van der Waals surface area (Å²) < 4.78 is 4.98. The summed E-state index contributed by atoms with van der Waals surface area (Å²) in [6, 6.07) is 11.1. The maximum Gasteiger partial charge on any atom is 0.336 e. The molecule has 0 saturated heterocycles. The Morgan fingerprint density at radius 1 is 1.04 bits per heavy atom. The maximum atomic E-state index is 12.2. The normalized spacial score (nSPS) is 10.1. The van der Waals surface area contributed by atoms with Crippen molar-refractivity contribution in [1.29, 1.82) is 0 Å². The molecule has 0 fully saturated rings. The van der Waals surface area contributed by atoms with Gasteiger partial charge in [-0.05, 0) is 30.7 Å². The van der Waals surface area contributed by atoms with Gasteiger partial charge in [0.1, 0.15) is 5.75 Å². The second-order valence-corrected chi connectivity index (χ2v) is 5.15. The van der Waals surface area contributed by atoms with E-state index in [0.717, 1.165) is 5.56 Å². The molecule has 0 saturated carbocycles. The Kier molecular flexibility index (Phi) is 5.31. The van der Waals surface area contributed by atoms with E-state index in [0.29, 0.717) is 11.3 Å². The maximum absolute atomic E-state index is 12.2. The Labute approximate surface area is 139 Å². The van der Waals surface area contributed by atoms with Crippen LogP contribution in [0.2, 0.25) is 0 Å². The van der Waals surface area contributed by atoms with Crippen LogP contribution in [-0.4, -0.2) is 29.9 Å². The molecule has 2 rings (SSSR count). The molecule has 6 nitrogen and oxygen atoms in total. The minimum absolute atomic E-state index is 0.0325. The minimum Gasteiger partial charge on any atom is -0.497 e. The zero-order valence-electron chi connectivity index (χ0n) is 13.3. The van der Waals surface area contributed by atoms with Crippen LogP contribution in [0.5, 0.6) is 5.75 Å². The molecule has 0 aromatic heterocycles. The minimum atomic E-state index is -1.20. The van der Waals surface area contributed by atoms with Crippen LogP contribution in [0.25, 0.3) is 0 Å². The number of carboxylic acids is 1. The third-order valence-electron chi connectivity index (χ3n) is 3.52. The van der Waals surface area contributed by atoms with Gasteiger partial charge in [-0.1, -0.05) is 24.3 Å². The van der Waals surface area contributed by atoms with E-state index >= 15 is 0 Å². The van der Waals surface area contributed by atoms with Crippen LogP contribution in [-0.2, 0) is 6.54 Å². The lowest BCUT2D eigenvalue weighted by Crippen LogP contribution is -2.25. The lowest BCUT2D eigenvalue weighted by molar-refractivity contribution is 0.0690. The number of ether oxygens (including phenoxy) is 1. The highest BCUT2D eigenvalue weighted by Gasteiger charge is 2.17. The van der Waals surface area contributed by atoms with Crippen LogP contribution in [0, 0.1) is 0 Å². The fourth-order valence-electron chi connectivity index (χ4n) is 2.16. The Balaban J connectivity index is 2.12. The van der Waals surface area contributed by atoms with E-state index in [1.165, 1.54) is 32.2 Å². The number of ketones is 1. The van der Waals surface area contributed by atoms with Crippen molar-refractivity contribution >= 4 is 17.7 Å². The third kappa shape index (κ3) is 3.98. The van der Waals surface area contributed by atoms with E-state index in [1.54, 1.807) is 24.3 Å². The number of carbonyl (C=O) groups excluding carboxylic acids is 2. The molecule has 6 heteroatoms. The number of rotatable bonds is 6. The van der Waals surface area contributed by atoms with Crippen LogP contribution >= 0.6 is 0 Å². The predicted octanol–water partition coefficient (Wildman–Crippen LogP) is 2.53. The number of benzene rings is 2. The third-order valence-corrected chi connectivity index (χ3v) is 3.52. The van der Waals surface area contributed by atoms with Crippen LogP contribution < -0.4 is 10.1 Å². The molecule has 0 aliphatic carbocycles. The van der Waals surface area contributed by atoms with Gasteiger partial charge in [0.05, 0.1) is 18.2 Å². The molecule has 0 unspecified atom stereocenters. The molecular formula is C18H17NO5. The zero-order valence-corrected chi connectivity index (χ0v) is 13.3. The lowest BCUT2D eigenvalue weighted by atomic mass is 10.1. The molecule has 0 aliphatic heterocycles. The van der Waals surface area contributed by atoms with E-state index in [-0.39, 0.29) is 23.5 Å². The molecule has 2 aromatic rings. The van der Waals surface area contributed by atoms with Crippen molar-refractivity contribution < 1.29 is 24.2 Å². The van der Waals surface area contributed by atoms with Crippen LogP contribution in [0.15, 0.2) is 42.5 Å². The second-order valence-electron chi connectivity index (χ2n) is 5.15. The van der Waals surface area contributed by atoms with Gasteiger partial charge < -0.3 is 15.2 Å². The van der Waals surface area contributed by atoms with E-state index in [4.69, 9.17) is 4.74 Å². The molecule has 2 aromatic carbocycles. The highest BCUT2D eigenvalue weighted by atomic mass is 16.5. The Bertz CT molecular complexity index is 780. The second kappa shape index (κ2) is 7.41. The summed E-state index contributed by atoms with van der Waals surface area (Å²) in [6.45, 7) is 1.70. The molecule has 0 aliphatic rings. The highest BCUT2D eigenvalue weighted by Crippen LogP contribution is 2.18. The molecular weight excluding hydrogens is 310 g/mol. The number of carbonyl (C=O) groups is 3. The van der Waals surface area contributed by atoms with E-state index in [1.807, 2.05) is 0 Å². The smallest absolute Gasteiger partial charge is 0.336 e. The summed E-state index contributed by atoms with van der Waals surface area (Å²) in [6.07, 6.45) is 0. The lowest BCUT2D eigenvalue weighted by Gasteiger charge is -2.10. The van der Waals surface area contributed by atoms with Crippen molar-refractivity contribution in [1.82, 2.24) is 5.32 Å². The number of hydrogen-bond acceptors (Lipinski definition) is 4. The van der Waals surface area contributed by atoms with E-state index in [2.05, 4.69) is 5.32 Å². The van der Waals surface area contributed by atoms with Crippen LogP contribution in [0.1, 0.15) is 43.6 Å². The molecule has 24 heavy (non-hydrogen) atoms. The quantitative estimate of drug-likeness (QED) is 0.795. The average molecular weight is 327 g/mol. The Morgan fingerprint density at radius 2 is 1.71 bits per heavy atom. The van der Waals surface area contributed by atoms with Crippen LogP contribution in [0.4, 0.5) is 0 Å². The van der Waals surface area contributed by atoms with Crippen molar-refractivity contribution in [3.05, 3.63) is 64.7 Å². The van der Waals surface area contributed by atoms with Gasteiger partial charge in [0.25, 0.3) is 5.91 Å². The largest absolute Gasteiger partial charge is 0.497 e. The molecule has 2 N–H and O–H groups in total. The van der Waals surface area contributed by atoms with Gasteiger partial charge in [0.2, 0.25) is 0 Å². The molecule has 0 atom stereocenters. The zero-order chi connectivity index (χ0) is 17.7. The molecule has 0 heterocycles. The first-order valence-electron chi connectivity index (χ1n) is 7.21. The van der Waals surface area contributed by atoms with Crippen LogP contribution in [0.3, 0.4) is 0 Å². The van der Waals surface area contributed by atoms with Gasteiger partial charge in [-0.3, -0.25) is 9.59 Å². The fourth-order valence-corrected chi connectivity index (χ4v) is 2.16. The number of carboxylic acid groups (broad SMARTS) is 1. The summed E-state index contributed by atoms with van der Waals surface area (Å²) in [7, 11) is 1.42. The number of Topliss-reactive ketones (excluding diaryl/α,β-unsaturated/α-hetero) is 1. The summed E-state index contributed by atoms with van der Waals surface area (Å²) >= 11 is 0. The van der Waals surface area contributed by atoms with Crippen molar-refractivity contribution in [2.24, 2.45) is 0 Å². The number of methoxy groups -OCH3 is 1. The standard InChI is InChI=1S/C18H17NO5/c1-11(20)13-5-3-12(4-6-13)10-19-17(21)15-8-7-14(24-2)9-16(15)18(22)23/h3-9H,10H2,1-2H3,(H,19,21)(H,22,23). The van der Waals surface area contributed by atoms with Gasteiger partial charge in [-0.2, -0.15) is 0 Å². The molecule has 124 valence electrons. The summed E-state index contributed by atoms with van der Waals surface area (Å²) in [5.74, 6) is -1.37. The Morgan fingerprint density at radius 3 is 2.25 bits per heavy atom. The Hall–Kier alpha value is -3.15. The number of amides is 1. The first-order valence-corrected chi connectivity index (χ1v) is 7.21. The molecule has 0 radical (unpaired) electrons. The monoisotopic (exact) mass is 327 g/mol. The van der Waals surface area contributed by atoms with Crippen molar-refractivity contribution in [3.63, 3.8) is 0 Å². The van der Waals surface area contributed by atoms with Gasteiger partial charge in [-0.25, -0.2) is 4.79 Å². The summed E-state index contributed by atoms with van der Waals surface area (Å²) in [4.78, 5) is 34.8. The van der Waals surface area contributed by atoms with Crippen molar-refractivity contribution in [3.8, 4) is 5.75 Å². The van der Waals surface area contributed by atoms with Gasteiger partial charge in [0, 0.05) is 12.1 Å². The molecule has 1 amide bonds. The SMILES string of the molecule is COc1ccc(C(=O)NCc2ccc(C(C)=O)cc2)c(C(=O)O)c1. The average Bonchev–Trinajstić information content (AvgIpc) is 2.59. The number of nitrogens with one attached hydrogen (secondary N) is 1. The van der Waals surface area contributed by atoms with E-state index < -0.39 is 11.9 Å². The van der Waals surface area contributed by atoms with E-state index in [9.17, 15) is 19.5 Å². The highest BCUT2D eigenvalue weighted by molar-refractivity contribution is 6.05. The van der Waals surface area contributed by atoms with Gasteiger partial charge in [-0.15, -0.1) is 0 Å².